The molecule has 5 nitrogen and oxygen atoms in total. The Morgan fingerprint density at radius 3 is 2.50 bits per heavy atom. The van der Waals surface area contributed by atoms with E-state index in [0.717, 1.165) is 51.7 Å². The lowest BCUT2D eigenvalue weighted by Crippen LogP contribution is -2.45. The lowest BCUT2D eigenvalue weighted by molar-refractivity contribution is 0.0346. The molecule has 146 valence electrons. The van der Waals surface area contributed by atoms with Crippen molar-refractivity contribution in [3.05, 3.63) is 29.8 Å². The van der Waals surface area contributed by atoms with Crippen LogP contribution >= 0.6 is 0 Å². The minimum Gasteiger partial charge on any atom is -0.496 e. The van der Waals surface area contributed by atoms with Crippen LogP contribution in [0.25, 0.3) is 0 Å². The van der Waals surface area contributed by atoms with Gasteiger partial charge in [0, 0.05) is 51.9 Å². The fraction of sp³-hybridized carbons (Fsp3) is 0.714. The van der Waals surface area contributed by atoms with E-state index in [4.69, 9.17) is 14.2 Å². The van der Waals surface area contributed by atoms with Crippen molar-refractivity contribution in [1.82, 2.24) is 9.80 Å². The predicted molar refractivity (Wildman–Crippen MR) is 104 cm³/mol. The molecule has 0 radical (unpaired) electrons. The van der Waals surface area contributed by atoms with Crippen molar-refractivity contribution in [1.29, 1.82) is 0 Å². The molecule has 2 fully saturated rings. The summed E-state index contributed by atoms with van der Waals surface area (Å²) in [5, 5.41) is 0. The maximum Gasteiger partial charge on any atom is 0.123 e. The van der Waals surface area contributed by atoms with Crippen LogP contribution in [0.2, 0.25) is 0 Å². The van der Waals surface area contributed by atoms with E-state index >= 15 is 0 Å². The topological polar surface area (TPSA) is 34.2 Å². The minimum atomic E-state index is 0.404. The van der Waals surface area contributed by atoms with Crippen LogP contribution in [0.1, 0.15) is 18.4 Å². The number of piperidine rings is 1. The Morgan fingerprint density at radius 1 is 1.04 bits per heavy atom. The molecule has 1 atom stereocenters. The number of nitrogens with zero attached hydrogens (tertiary/aromatic N) is 2. The Bertz CT molecular complexity index is 558. The van der Waals surface area contributed by atoms with Crippen LogP contribution in [-0.2, 0) is 16.0 Å². The molecule has 0 bridgehead atoms. The third kappa shape index (κ3) is 4.39. The number of ether oxygens (including phenoxy) is 3. The Hall–Kier alpha value is -1.14. The molecule has 0 aromatic heterocycles. The van der Waals surface area contributed by atoms with Gasteiger partial charge in [-0.05, 0) is 37.4 Å². The summed E-state index contributed by atoms with van der Waals surface area (Å²) in [6.07, 6.45) is 2.50. The third-order valence-electron chi connectivity index (χ3n) is 6.30. The zero-order valence-corrected chi connectivity index (χ0v) is 16.6. The van der Waals surface area contributed by atoms with Gasteiger partial charge in [0.25, 0.3) is 0 Å². The average Bonchev–Trinajstić information content (AvgIpc) is 3.00. The van der Waals surface area contributed by atoms with Crippen LogP contribution in [0.4, 0.5) is 0 Å². The molecule has 2 heterocycles. The Balaban J connectivity index is 1.60. The van der Waals surface area contributed by atoms with Crippen LogP contribution < -0.4 is 4.74 Å². The normalized spacial score (nSPS) is 23.6. The fourth-order valence-corrected chi connectivity index (χ4v) is 4.76. The fourth-order valence-electron chi connectivity index (χ4n) is 4.76. The second-order valence-corrected chi connectivity index (χ2v) is 7.83. The minimum absolute atomic E-state index is 0.404. The number of hydrogen-bond acceptors (Lipinski definition) is 5. The van der Waals surface area contributed by atoms with E-state index < -0.39 is 0 Å². The highest BCUT2D eigenvalue weighted by atomic mass is 16.5. The first-order valence-electron chi connectivity index (χ1n) is 9.75. The van der Waals surface area contributed by atoms with E-state index in [1.54, 1.807) is 14.2 Å². The molecule has 0 amide bonds. The first-order valence-corrected chi connectivity index (χ1v) is 9.75. The summed E-state index contributed by atoms with van der Waals surface area (Å²) in [5.74, 6) is 1.63. The van der Waals surface area contributed by atoms with E-state index in [9.17, 15) is 0 Å². The maximum absolute atomic E-state index is 5.57. The van der Waals surface area contributed by atoms with Gasteiger partial charge in [-0.3, -0.25) is 4.90 Å². The molecule has 3 rings (SSSR count). The van der Waals surface area contributed by atoms with E-state index in [0.29, 0.717) is 11.3 Å². The molecule has 0 saturated carbocycles. The maximum atomic E-state index is 5.57. The number of likely N-dealkylation sites (tertiary alicyclic amines) is 2. The summed E-state index contributed by atoms with van der Waals surface area (Å²) in [5.41, 5.74) is 1.69. The van der Waals surface area contributed by atoms with Gasteiger partial charge < -0.3 is 19.1 Å². The second kappa shape index (κ2) is 9.18. The highest BCUT2D eigenvalue weighted by Crippen LogP contribution is 2.45. The Labute approximate surface area is 158 Å². The molecule has 0 N–H and O–H groups in total. The number of methoxy groups -OCH3 is 3. The third-order valence-corrected chi connectivity index (χ3v) is 6.30. The Kier molecular flexibility index (Phi) is 6.92. The summed E-state index contributed by atoms with van der Waals surface area (Å²) in [6, 6.07) is 8.37. The van der Waals surface area contributed by atoms with Gasteiger partial charge in [-0.25, -0.2) is 0 Å². The van der Waals surface area contributed by atoms with Gasteiger partial charge in [-0.15, -0.1) is 0 Å². The Morgan fingerprint density at radius 2 is 1.81 bits per heavy atom. The van der Waals surface area contributed by atoms with Crippen LogP contribution in [-0.4, -0.2) is 77.1 Å². The predicted octanol–water partition coefficient (Wildman–Crippen LogP) is 2.50. The standard InChI is InChI=1S/C21H34N2O3/c1-24-13-12-23-15-19(16-25-2)21(17-23)8-10-22(11-9-21)14-18-6-4-5-7-20(18)26-3/h4-7,19H,8-17H2,1-3H3/t19-/m0/s1. The largest absolute Gasteiger partial charge is 0.496 e. The van der Waals surface area contributed by atoms with E-state index in [2.05, 4.69) is 28.0 Å². The van der Waals surface area contributed by atoms with Gasteiger partial charge in [0.15, 0.2) is 0 Å². The smallest absolute Gasteiger partial charge is 0.123 e. The van der Waals surface area contributed by atoms with Gasteiger partial charge in [0.2, 0.25) is 0 Å². The molecule has 0 aliphatic carbocycles. The molecule has 26 heavy (non-hydrogen) atoms. The molecule has 1 spiro atoms. The van der Waals surface area contributed by atoms with Crippen molar-refractivity contribution in [2.75, 3.05) is 67.3 Å². The van der Waals surface area contributed by atoms with Crippen molar-refractivity contribution in [3.63, 3.8) is 0 Å². The first kappa shape index (κ1) is 19.6. The van der Waals surface area contributed by atoms with Gasteiger partial charge in [-0.2, -0.15) is 0 Å². The van der Waals surface area contributed by atoms with Gasteiger partial charge in [0.1, 0.15) is 5.75 Å². The van der Waals surface area contributed by atoms with E-state index in [-0.39, 0.29) is 0 Å². The van der Waals surface area contributed by atoms with E-state index in [1.807, 2.05) is 13.2 Å². The molecular weight excluding hydrogens is 328 g/mol. The van der Waals surface area contributed by atoms with Crippen molar-refractivity contribution >= 4 is 0 Å². The molecular formula is C21H34N2O3. The first-order chi connectivity index (χ1) is 12.7. The van der Waals surface area contributed by atoms with Crippen LogP contribution in [0.3, 0.4) is 0 Å². The van der Waals surface area contributed by atoms with Gasteiger partial charge in [0.05, 0.1) is 20.3 Å². The number of para-hydroxylation sites is 1. The van der Waals surface area contributed by atoms with Crippen LogP contribution in [0.5, 0.6) is 5.75 Å². The van der Waals surface area contributed by atoms with Crippen LogP contribution in [0, 0.1) is 11.3 Å². The van der Waals surface area contributed by atoms with Crippen molar-refractivity contribution in [3.8, 4) is 5.75 Å². The summed E-state index contributed by atoms with van der Waals surface area (Å²) in [7, 11) is 5.38. The highest BCUT2D eigenvalue weighted by Gasteiger charge is 2.47. The van der Waals surface area contributed by atoms with Gasteiger partial charge >= 0.3 is 0 Å². The summed E-state index contributed by atoms with van der Waals surface area (Å²) in [6.45, 7) is 8.32. The lowest BCUT2D eigenvalue weighted by atomic mass is 9.71. The summed E-state index contributed by atoms with van der Waals surface area (Å²) in [4.78, 5) is 5.15. The lowest BCUT2D eigenvalue weighted by Gasteiger charge is -2.42. The number of benzene rings is 1. The van der Waals surface area contributed by atoms with Gasteiger partial charge in [-0.1, -0.05) is 18.2 Å². The summed E-state index contributed by atoms with van der Waals surface area (Å²) < 4.78 is 16.4. The van der Waals surface area contributed by atoms with Crippen LogP contribution in [0.15, 0.2) is 24.3 Å². The SMILES string of the molecule is COCCN1C[C@@H](COC)C2(CCN(Cc3ccccc3OC)CC2)C1. The van der Waals surface area contributed by atoms with Crippen molar-refractivity contribution < 1.29 is 14.2 Å². The quantitative estimate of drug-likeness (QED) is 0.710. The highest BCUT2D eigenvalue weighted by molar-refractivity contribution is 5.33. The monoisotopic (exact) mass is 362 g/mol. The average molecular weight is 363 g/mol. The number of hydrogen-bond donors (Lipinski definition) is 0. The molecule has 5 heteroatoms. The molecule has 1 aromatic rings. The molecule has 2 aliphatic rings. The molecule has 1 aromatic carbocycles. The molecule has 2 aliphatic heterocycles. The zero-order chi connectivity index (χ0) is 18.4. The second-order valence-electron chi connectivity index (χ2n) is 7.83. The van der Waals surface area contributed by atoms with Crippen molar-refractivity contribution in [2.24, 2.45) is 11.3 Å². The number of rotatable bonds is 8. The molecule has 0 unspecified atom stereocenters. The zero-order valence-electron chi connectivity index (χ0n) is 16.6. The molecule has 2 saturated heterocycles. The van der Waals surface area contributed by atoms with Crippen molar-refractivity contribution in [2.45, 2.75) is 19.4 Å². The van der Waals surface area contributed by atoms with E-state index in [1.165, 1.54) is 24.9 Å². The summed E-state index contributed by atoms with van der Waals surface area (Å²) >= 11 is 0.